The zero-order valence-corrected chi connectivity index (χ0v) is 16.0. The van der Waals surface area contributed by atoms with Crippen LogP contribution >= 0.6 is 11.3 Å². The lowest BCUT2D eigenvalue weighted by Crippen LogP contribution is -2.44. The van der Waals surface area contributed by atoms with Crippen LogP contribution < -0.4 is 0 Å². The molecule has 2 heterocycles. The summed E-state index contributed by atoms with van der Waals surface area (Å²) in [6.45, 7) is 3.55. The monoisotopic (exact) mass is 370 g/mol. The number of carbonyl (C=O) groups is 1. The van der Waals surface area contributed by atoms with Crippen molar-refractivity contribution in [1.29, 1.82) is 0 Å². The number of thiazole rings is 1. The van der Waals surface area contributed by atoms with Crippen LogP contribution in [-0.2, 0) is 11.2 Å². The van der Waals surface area contributed by atoms with Gasteiger partial charge in [0.15, 0.2) is 0 Å². The molecule has 0 unspecified atom stereocenters. The average molecular weight is 371 g/mol. The van der Waals surface area contributed by atoms with Gasteiger partial charge in [-0.15, -0.1) is 11.3 Å². The second-order valence-electron chi connectivity index (χ2n) is 7.70. The molecule has 1 saturated carbocycles. The van der Waals surface area contributed by atoms with Crippen molar-refractivity contribution in [2.45, 2.75) is 44.6 Å². The van der Waals surface area contributed by atoms with Gasteiger partial charge in [0.2, 0.25) is 5.91 Å². The van der Waals surface area contributed by atoms with Gasteiger partial charge in [-0.2, -0.15) is 0 Å². The second-order valence-corrected chi connectivity index (χ2v) is 8.56. The van der Waals surface area contributed by atoms with E-state index in [9.17, 15) is 9.90 Å². The minimum atomic E-state index is -0.584. The number of nitrogens with zero attached hydrogens (tertiary/aromatic N) is 2. The molecule has 2 aliphatic rings. The molecule has 0 radical (unpaired) electrons. The fraction of sp³-hybridized carbons (Fsp3) is 0.524. The smallest absolute Gasteiger partial charge is 0.228 e. The molecule has 4 nitrogen and oxygen atoms in total. The first kappa shape index (κ1) is 17.7. The molecule has 2 fully saturated rings. The highest BCUT2D eigenvalue weighted by Gasteiger charge is 2.48. The first-order valence-corrected chi connectivity index (χ1v) is 10.5. The SMILES string of the molecule is CC[C@]1(O)CCC[C@H]2CN(C(=O)Cc3csc(-c4ccccc4)n3)C[C@H]21. The van der Waals surface area contributed by atoms with Gasteiger partial charge in [-0.3, -0.25) is 4.79 Å². The van der Waals surface area contributed by atoms with Gasteiger partial charge in [0.05, 0.1) is 17.7 Å². The van der Waals surface area contributed by atoms with Gasteiger partial charge in [0.1, 0.15) is 5.01 Å². The van der Waals surface area contributed by atoms with E-state index in [1.165, 1.54) is 0 Å². The Labute approximate surface area is 158 Å². The summed E-state index contributed by atoms with van der Waals surface area (Å²) >= 11 is 1.59. The highest BCUT2D eigenvalue weighted by molar-refractivity contribution is 7.13. The predicted octanol–water partition coefficient (Wildman–Crippen LogP) is 3.75. The summed E-state index contributed by atoms with van der Waals surface area (Å²) in [5.41, 5.74) is 1.36. The van der Waals surface area contributed by atoms with Gasteiger partial charge in [-0.1, -0.05) is 43.7 Å². The van der Waals surface area contributed by atoms with E-state index in [-0.39, 0.29) is 11.8 Å². The van der Waals surface area contributed by atoms with Crippen LogP contribution in [0, 0.1) is 11.8 Å². The Morgan fingerprint density at radius 1 is 1.35 bits per heavy atom. The van der Waals surface area contributed by atoms with E-state index in [0.29, 0.717) is 18.9 Å². The van der Waals surface area contributed by atoms with E-state index < -0.39 is 5.60 Å². The average Bonchev–Trinajstić information content (AvgIpc) is 3.30. The highest BCUT2D eigenvalue weighted by atomic mass is 32.1. The normalized spacial score (nSPS) is 28.2. The van der Waals surface area contributed by atoms with Crippen LogP contribution in [0.1, 0.15) is 38.3 Å². The lowest BCUT2D eigenvalue weighted by Gasteiger charge is -2.40. The number of aromatic nitrogens is 1. The van der Waals surface area contributed by atoms with Crippen molar-refractivity contribution in [2.75, 3.05) is 13.1 Å². The van der Waals surface area contributed by atoms with Crippen molar-refractivity contribution in [3.05, 3.63) is 41.4 Å². The fourth-order valence-corrected chi connectivity index (χ4v) is 5.46. The molecule has 5 heteroatoms. The van der Waals surface area contributed by atoms with Crippen molar-refractivity contribution in [3.63, 3.8) is 0 Å². The molecule has 26 heavy (non-hydrogen) atoms. The van der Waals surface area contributed by atoms with Gasteiger partial charge in [-0.05, 0) is 25.2 Å². The van der Waals surface area contributed by atoms with Crippen molar-refractivity contribution < 1.29 is 9.90 Å². The number of aliphatic hydroxyl groups is 1. The van der Waals surface area contributed by atoms with E-state index in [1.807, 2.05) is 40.6 Å². The van der Waals surface area contributed by atoms with Crippen molar-refractivity contribution >= 4 is 17.2 Å². The van der Waals surface area contributed by atoms with Crippen LogP contribution in [0.15, 0.2) is 35.7 Å². The quantitative estimate of drug-likeness (QED) is 0.892. The number of hydrogen-bond acceptors (Lipinski definition) is 4. The molecule has 1 aromatic heterocycles. The fourth-order valence-electron chi connectivity index (χ4n) is 4.64. The molecule has 138 valence electrons. The number of likely N-dealkylation sites (tertiary alicyclic amines) is 1. The van der Waals surface area contributed by atoms with E-state index in [2.05, 4.69) is 11.9 Å². The van der Waals surface area contributed by atoms with Crippen molar-refractivity contribution in [1.82, 2.24) is 9.88 Å². The molecule has 0 bridgehead atoms. The molecule has 1 aliphatic carbocycles. The van der Waals surface area contributed by atoms with E-state index in [1.54, 1.807) is 11.3 Å². The van der Waals surface area contributed by atoms with Crippen LogP contribution in [0.4, 0.5) is 0 Å². The topological polar surface area (TPSA) is 53.4 Å². The van der Waals surface area contributed by atoms with Crippen LogP contribution in [0.2, 0.25) is 0 Å². The van der Waals surface area contributed by atoms with Gasteiger partial charge in [-0.25, -0.2) is 4.98 Å². The third-order valence-corrected chi connectivity index (χ3v) is 7.13. The third-order valence-electron chi connectivity index (χ3n) is 6.19. The minimum Gasteiger partial charge on any atom is -0.390 e. The summed E-state index contributed by atoms with van der Waals surface area (Å²) in [5.74, 6) is 0.830. The first-order valence-electron chi connectivity index (χ1n) is 9.59. The molecule has 3 atom stereocenters. The second kappa shape index (κ2) is 7.12. The van der Waals surface area contributed by atoms with Gasteiger partial charge in [0, 0.05) is 30.0 Å². The molecule has 1 aliphatic heterocycles. The van der Waals surface area contributed by atoms with Gasteiger partial charge in [0.25, 0.3) is 0 Å². The lowest BCUT2D eigenvalue weighted by atomic mass is 9.69. The Bertz CT molecular complexity index is 775. The number of rotatable bonds is 4. The largest absolute Gasteiger partial charge is 0.390 e. The number of benzene rings is 1. The standard InChI is InChI=1S/C21H26N2O2S/c1-2-21(25)10-6-9-16-12-23(13-18(16)21)19(24)11-17-14-26-20(22-17)15-7-4-3-5-8-15/h3-5,7-8,14,16,18,25H,2,6,9-13H2,1H3/t16-,18+,21-/m0/s1. The maximum atomic E-state index is 12.8. The van der Waals surface area contributed by atoms with E-state index in [0.717, 1.165) is 48.5 Å². The summed E-state index contributed by atoms with van der Waals surface area (Å²) in [7, 11) is 0. The van der Waals surface area contributed by atoms with Crippen molar-refractivity contribution in [3.8, 4) is 10.6 Å². The third kappa shape index (κ3) is 3.30. The Hall–Kier alpha value is -1.72. The Kier molecular flexibility index (Phi) is 4.84. The zero-order chi connectivity index (χ0) is 18.1. The Morgan fingerprint density at radius 3 is 2.92 bits per heavy atom. The summed E-state index contributed by atoms with van der Waals surface area (Å²) in [6.07, 6.45) is 4.21. The molecule has 1 N–H and O–H groups in total. The molecular weight excluding hydrogens is 344 g/mol. The number of fused-ring (bicyclic) bond motifs is 1. The molecule has 0 spiro atoms. The van der Waals surface area contributed by atoms with Crippen LogP contribution in [0.3, 0.4) is 0 Å². The summed E-state index contributed by atoms with van der Waals surface area (Å²) < 4.78 is 0. The number of hydrogen-bond donors (Lipinski definition) is 1. The molecule has 4 rings (SSSR count). The van der Waals surface area contributed by atoms with E-state index >= 15 is 0 Å². The summed E-state index contributed by atoms with van der Waals surface area (Å²) in [5, 5.41) is 13.9. The van der Waals surface area contributed by atoms with Crippen LogP contribution in [0.5, 0.6) is 0 Å². The predicted molar refractivity (Wildman–Crippen MR) is 104 cm³/mol. The summed E-state index contributed by atoms with van der Waals surface area (Å²) in [6, 6.07) is 10.1. The molecule has 1 amide bonds. The Balaban J connectivity index is 1.42. The van der Waals surface area contributed by atoms with Crippen molar-refractivity contribution in [2.24, 2.45) is 11.8 Å². The Morgan fingerprint density at radius 2 is 2.15 bits per heavy atom. The maximum absolute atomic E-state index is 12.8. The van der Waals surface area contributed by atoms with Gasteiger partial charge < -0.3 is 10.0 Å². The van der Waals surface area contributed by atoms with Gasteiger partial charge >= 0.3 is 0 Å². The highest BCUT2D eigenvalue weighted by Crippen LogP contribution is 2.44. The minimum absolute atomic E-state index is 0.141. The summed E-state index contributed by atoms with van der Waals surface area (Å²) in [4.78, 5) is 19.4. The van der Waals surface area contributed by atoms with Crippen LogP contribution in [0.25, 0.3) is 10.6 Å². The van der Waals surface area contributed by atoms with E-state index in [4.69, 9.17) is 0 Å². The molecule has 2 aromatic rings. The lowest BCUT2D eigenvalue weighted by molar-refractivity contribution is -0.130. The molecule has 1 saturated heterocycles. The maximum Gasteiger partial charge on any atom is 0.228 e. The molecule has 1 aromatic carbocycles. The number of amides is 1. The van der Waals surface area contributed by atoms with Crippen LogP contribution in [-0.4, -0.2) is 39.6 Å². The first-order chi connectivity index (χ1) is 12.6. The molecular formula is C21H26N2O2S. The number of carbonyl (C=O) groups excluding carboxylic acids is 1. The zero-order valence-electron chi connectivity index (χ0n) is 15.2.